The first-order valence-corrected chi connectivity index (χ1v) is 5.22. The van der Waals surface area contributed by atoms with E-state index >= 15 is 0 Å². The highest BCUT2D eigenvalue weighted by molar-refractivity contribution is 6.27. The number of nitrogens with zero attached hydrogens (tertiary/aromatic N) is 2. The van der Waals surface area contributed by atoms with Crippen LogP contribution >= 0.6 is 0 Å². The normalized spacial score (nSPS) is 8.20. The average Bonchev–Trinajstić information content (AvgIpc) is 2.42. The van der Waals surface area contributed by atoms with E-state index in [0.717, 1.165) is 0 Å². The maximum Gasteiger partial charge on any atom is 0.414 e. The van der Waals surface area contributed by atoms with Crippen LogP contribution in [0.15, 0.2) is 48.8 Å². The van der Waals surface area contributed by atoms with Crippen molar-refractivity contribution in [3.63, 3.8) is 0 Å². The Morgan fingerprint density at radius 3 is 1.25 bits per heavy atom. The van der Waals surface area contributed by atoms with Crippen molar-refractivity contribution in [2.75, 3.05) is 11.5 Å². The lowest BCUT2D eigenvalue weighted by molar-refractivity contribution is -0.159. The van der Waals surface area contributed by atoms with Crippen LogP contribution in [0.3, 0.4) is 0 Å². The quantitative estimate of drug-likeness (QED) is 0.507. The molecular formula is C12H14N4O4. The van der Waals surface area contributed by atoms with E-state index in [-0.39, 0.29) is 0 Å². The van der Waals surface area contributed by atoms with E-state index in [4.69, 9.17) is 31.3 Å². The summed E-state index contributed by atoms with van der Waals surface area (Å²) in [5, 5.41) is 14.8. The Morgan fingerprint density at radius 2 is 1.15 bits per heavy atom. The fourth-order valence-electron chi connectivity index (χ4n) is 0.752. The summed E-state index contributed by atoms with van der Waals surface area (Å²) in [6, 6.07) is 10.9. The molecule has 0 spiro atoms. The topological polar surface area (TPSA) is 152 Å². The van der Waals surface area contributed by atoms with Crippen LogP contribution in [0.1, 0.15) is 0 Å². The maximum absolute atomic E-state index is 9.10. The molecule has 0 aliphatic heterocycles. The number of hydrogen-bond donors (Lipinski definition) is 4. The SMILES string of the molecule is Nc1ccccn1.Nc1ccccn1.O=C(O)C(=O)O. The lowest BCUT2D eigenvalue weighted by Crippen LogP contribution is -2.09. The summed E-state index contributed by atoms with van der Waals surface area (Å²) in [5.74, 6) is -2.50. The zero-order valence-corrected chi connectivity index (χ0v) is 10.4. The number of nitrogen functional groups attached to an aromatic ring is 2. The van der Waals surface area contributed by atoms with Crippen LogP contribution in [-0.4, -0.2) is 32.1 Å². The van der Waals surface area contributed by atoms with Gasteiger partial charge in [-0.25, -0.2) is 19.6 Å². The molecule has 0 unspecified atom stereocenters. The van der Waals surface area contributed by atoms with E-state index in [9.17, 15) is 0 Å². The molecule has 0 aliphatic rings. The molecule has 2 heterocycles. The largest absolute Gasteiger partial charge is 0.473 e. The molecule has 0 saturated heterocycles. The van der Waals surface area contributed by atoms with Gasteiger partial charge in [0.1, 0.15) is 11.6 Å². The van der Waals surface area contributed by atoms with Gasteiger partial charge in [0.2, 0.25) is 0 Å². The van der Waals surface area contributed by atoms with Gasteiger partial charge in [0, 0.05) is 12.4 Å². The highest BCUT2D eigenvalue weighted by atomic mass is 16.4. The zero-order chi connectivity index (χ0) is 15.4. The van der Waals surface area contributed by atoms with Crippen LogP contribution in [0.2, 0.25) is 0 Å². The number of pyridine rings is 2. The van der Waals surface area contributed by atoms with E-state index in [1.54, 1.807) is 24.5 Å². The fraction of sp³-hybridized carbons (Fsp3) is 0. The third kappa shape index (κ3) is 10.0. The minimum absolute atomic E-state index is 0.572. The van der Waals surface area contributed by atoms with E-state index in [2.05, 4.69) is 9.97 Å². The molecule has 8 nitrogen and oxygen atoms in total. The average molecular weight is 278 g/mol. The highest BCUT2D eigenvalue weighted by Gasteiger charge is 2.04. The highest BCUT2D eigenvalue weighted by Crippen LogP contribution is 1.90. The Hall–Kier alpha value is -3.16. The van der Waals surface area contributed by atoms with Crippen LogP contribution in [-0.2, 0) is 9.59 Å². The predicted octanol–water partition coefficient (Wildman–Crippen LogP) is 0.483. The molecule has 6 N–H and O–H groups in total. The Morgan fingerprint density at radius 1 is 0.800 bits per heavy atom. The van der Waals surface area contributed by atoms with Crippen molar-refractivity contribution in [2.45, 2.75) is 0 Å². The molecule has 0 radical (unpaired) electrons. The summed E-state index contributed by atoms with van der Waals surface area (Å²) in [4.78, 5) is 25.7. The van der Waals surface area contributed by atoms with Crippen molar-refractivity contribution in [1.29, 1.82) is 0 Å². The standard InChI is InChI=1S/2C5H6N2.C2H2O4/c2*6-5-3-1-2-4-7-5;3-1(4)2(5)6/h2*1-4H,(H2,6,7);(H,3,4)(H,5,6). The summed E-state index contributed by atoms with van der Waals surface area (Å²) in [7, 11) is 0. The number of rotatable bonds is 0. The van der Waals surface area contributed by atoms with E-state index in [1.807, 2.05) is 24.3 Å². The van der Waals surface area contributed by atoms with Crippen LogP contribution in [0.5, 0.6) is 0 Å². The molecule has 0 atom stereocenters. The molecule has 2 rings (SSSR count). The van der Waals surface area contributed by atoms with Crippen molar-refractivity contribution in [3.05, 3.63) is 48.8 Å². The van der Waals surface area contributed by atoms with Gasteiger partial charge in [-0.15, -0.1) is 0 Å². The number of carbonyl (C=O) groups is 2. The summed E-state index contributed by atoms with van der Waals surface area (Å²) in [5.41, 5.74) is 10.5. The van der Waals surface area contributed by atoms with Gasteiger partial charge in [-0.05, 0) is 24.3 Å². The van der Waals surface area contributed by atoms with E-state index in [1.165, 1.54) is 0 Å². The van der Waals surface area contributed by atoms with Crippen molar-refractivity contribution >= 4 is 23.6 Å². The third-order valence-corrected chi connectivity index (χ3v) is 1.56. The predicted molar refractivity (Wildman–Crippen MR) is 72.6 cm³/mol. The van der Waals surface area contributed by atoms with Crippen molar-refractivity contribution in [3.8, 4) is 0 Å². The van der Waals surface area contributed by atoms with Gasteiger partial charge in [-0.3, -0.25) is 0 Å². The number of carboxylic acid groups (broad SMARTS) is 2. The van der Waals surface area contributed by atoms with Crippen LogP contribution in [0.4, 0.5) is 11.6 Å². The lowest BCUT2D eigenvalue weighted by Gasteiger charge is -1.82. The van der Waals surface area contributed by atoms with Crippen LogP contribution < -0.4 is 11.5 Å². The maximum atomic E-state index is 9.10. The first kappa shape index (κ1) is 16.8. The fourth-order valence-corrected chi connectivity index (χ4v) is 0.752. The Balaban J connectivity index is 0.000000272. The lowest BCUT2D eigenvalue weighted by atomic mass is 10.5. The molecule has 2 aromatic rings. The number of anilines is 2. The third-order valence-electron chi connectivity index (χ3n) is 1.56. The minimum atomic E-state index is -1.82. The second kappa shape index (κ2) is 9.83. The Bertz CT molecular complexity index is 470. The Kier molecular flexibility index (Phi) is 8.28. The summed E-state index contributed by atoms with van der Waals surface area (Å²) < 4.78 is 0. The van der Waals surface area contributed by atoms with Gasteiger partial charge in [-0.1, -0.05) is 12.1 Å². The van der Waals surface area contributed by atoms with Crippen LogP contribution in [0, 0.1) is 0 Å². The molecule has 0 fully saturated rings. The molecular weight excluding hydrogens is 264 g/mol. The van der Waals surface area contributed by atoms with Gasteiger partial charge >= 0.3 is 11.9 Å². The van der Waals surface area contributed by atoms with Crippen molar-refractivity contribution in [1.82, 2.24) is 9.97 Å². The molecule has 0 aliphatic carbocycles. The number of aliphatic carboxylic acids is 2. The molecule has 0 saturated carbocycles. The number of hydrogen-bond acceptors (Lipinski definition) is 6. The van der Waals surface area contributed by atoms with Gasteiger partial charge in [-0.2, -0.15) is 0 Å². The second-order valence-corrected chi connectivity index (χ2v) is 3.12. The first-order chi connectivity index (χ1) is 9.43. The van der Waals surface area contributed by atoms with Gasteiger partial charge in [0.15, 0.2) is 0 Å². The van der Waals surface area contributed by atoms with Crippen LogP contribution in [0.25, 0.3) is 0 Å². The smallest absolute Gasteiger partial charge is 0.414 e. The van der Waals surface area contributed by atoms with E-state index in [0.29, 0.717) is 11.6 Å². The number of nitrogens with two attached hydrogens (primary N) is 2. The minimum Gasteiger partial charge on any atom is -0.473 e. The van der Waals surface area contributed by atoms with Crippen molar-refractivity contribution in [2.24, 2.45) is 0 Å². The second-order valence-electron chi connectivity index (χ2n) is 3.12. The molecule has 0 bridgehead atoms. The van der Waals surface area contributed by atoms with Crippen molar-refractivity contribution < 1.29 is 19.8 Å². The molecule has 0 aromatic carbocycles. The molecule has 106 valence electrons. The Labute approximate surface area is 114 Å². The molecule has 8 heteroatoms. The summed E-state index contributed by atoms with van der Waals surface area (Å²) >= 11 is 0. The summed E-state index contributed by atoms with van der Waals surface area (Å²) in [6.07, 6.45) is 3.32. The van der Waals surface area contributed by atoms with Gasteiger partial charge in [0.05, 0.1) is 0 Å². The number of carboxylic acids is 2. The zero-order valence-electron chi connectivity index (χ0n) is 10.4. The monoisotopic (exact) mass is 278 g/mol. The first-order valence-electron chi connectivity index (χ1n) is 5.22. The molecule has 0 amide bonds. The number of aromatic nitrogens is 2. The molecule has 20 heavy (non-hydrogen) atoms. The summed E-state index contributed by atoms with van der Waals surface area (Å²) in [6.45, 7) is 0. The van der Waals surface area contributed by atoms with Gasteiger partial charge < -0.3 is 21.7 Å². The van der Waals surface area contributed by atoms with Gasteiger partial charge in [0.25, 0.3) is 0 Å². The molecule has 2 aromatic heterocycles. The van der Waals surface area contributed by atoms with E-state index < -0.39 is 11.9 Å².